The van der Waals surface area contributed by atoms with Gasteiger partial charge in [0.05, 0.1) is 10.6 Å². The van der Waals surface area contributed by atoms with Crippen LogP contribution in [0.4, 0.5) is 5.69 Å². The summed E-state index contributed by atoms with van der Waals surface area (Å²) in [6.07, 6.45) is 0.388. The number of rotatable bonds is 11. The lowest BCUT2D eigenvalue weighted by Crippen LogP contribution is -2.52. The van der Waals surface area contributed by atoms with Crippen LogP contribution >= 0.6 is 0 Å². The molecular weight excluding hydrogens is 486 g/mol. The number of likely N-dealkylation sites (N-methyl/N-ethyl adjacent to an activating group) is 1. The van der Waals surface area contributed by atoms with Crippen LogP contribution in [0.1, 0.15) is 37.0 Å². The number of aryl methyl sites for hydroxylation is 2. The summed E-state index contributed by atoms with van der Waals surface area (Å²) in [6.45, 7) is 7.59. The number of nitrogens with zero attached hydrogens (tertiary/aromatic N) is 2. The molecule has 0 aliphatic carbocycles. The van der Waals surface area contributed by atoms with Gasteiger partial charge in [-0.25, -0.2) is 8.42 Å². The summed E-state index contributed by atoms with van der Waals surface area (Å²) in [6, 6.07) is 22.1. The summed E-state index contributed by atoms with van der Waals surface area (Å²) < 4.78 is 28.8. The number of carbonyl (C=O) groups is 2. The lowest BCUT2D eigenvalue weighted by molar-refractivity contribution is -0.140. The van der Waals surface area contributed by atoms with Gasteiger partial charge in [0.2, 0.25) is 11.8 Å². The first-order valence-corrected chi connectivity index (χ1v) is 13.9. The standard InChI is InChI=1S/C29H35N3O4S/c1-5-26(29(34)30-6-2)31(20-24-13-9-7-10-14-24)28(33)21-32(27-18-17-22(3)19-23(27)4)37(35,36)25-15-11-8-12-16-25/h7-19,26H,5-6,20-21H2,1-4H3,(H,30,34)/t26-/m0/s1. The average Bonchev–Trinajstić information content (AvgIpc) is 2.88. The van der Waals surface area contributed by atoms with Gasteiger partial charge >= 0.3 is 0 Å². The van der Waals surface area contributed by atoms with E-state index in [1.54, 1.807) is 24.3 Å². The van der Waals surface area contributed by atoms with Crippen molar-refractivity contribution in [3.05, 3.63) is 95.6 Å². The molecule has 196 valence electrons. The fraction of sp³-hybridized carbons (Fsp3) is 0.310. The molecule has 3 rings (SSSR count). The Kier molecular flexibility index (Phi) is 9.47. The van der Waals surface area contributed by atoms with Gasteiger partial charge in [0.1, 0.15) is 12.6 Å². The molecule has 0 aliphatic heterocycles. The van der Waals surface area contributed by atoms with Crippen molar-refractivity contribution in [3.8, 4) is 0 Å². The van der Waals surface area contributed by atoms with Crippen LogP contribution in [0.15, 0.2) is 83.8 Å². The topological polar surface area (TPSA) is 86.8 Å². The van der Waals surface area contributed by atoms with Crippen LogP contribution in [-0.2, 0) is 26.2 Å². The van der Waals surface area contributed by atoms with Gasteiger partial charge in [0.15, 0.2) is 0 Å². The molecule has 0 heterocycles. The second-order valence-corrected chi connectivity index (χ2v) is 10.8. The molecule has 0 bridgehead atoms. The zero-order valence-electron chi connectivity index (χ0n) is 21.8. The van der Waals surface area contributed by atoms with E-state index in [0.29, 0.717) is 18.7 Å². The van der Waals surface area contributed by atoms with Crippen LogP contribution in [0.2, 0.25) is 0 Å². The molecule has 0 fully saturated rings. The third kappa shape index (κ3) is 6.77. The summed E-state index contributed by atoms with van der Waals surface area (Å²) in [5.74, 6) is -0.722. The molecule has 1 atom stereocenters. The van der Waals surface area contributed by atoms with E-state index in [0.717, 1.165) is 21.0 Å². The Labute approximate surface area is 220 Å². The molecule has 0 aromatic heterocycles. The first-order chi connectivity index (χ1) is 17.7. The quantitative estimate of drug-likeness (QED) is 0.404. The second-order valence-electron chi connectivity index (χ2n) is 8.94. The number of sulfonamides is 1. The normalized spacial score (nSPS) is 12.0. The van der Waals surface area contributed by atoms with Crippen LogP contribution in [-0.4, -0.2) is 44.3 Å². The van der Waals surface area contributed by atoms with Crippen LogP contribution < -0.4 is 9.62 Å². The van der Waals surface area contributed by atoms with Crippen LogP contribution in [0.25, 0.3) is 0 Å². The Morgan fingerprint density at radius 1 is 0.892 bits per heavy atom. The first kappa shape index (κ1) is 27.9. The highest BCUT2D eigenvalue weighted by Gasteiger charge is 2.34. The first-order valence-electron chi connectivity index (χ1n) is 12.4. The molecule has 8 heteroatoms. The Morgan fingerprint density at radius 2 is 1.51 bits per heavy atom. The van der Waals surface area contributed by atoms with E-state index in [4.69, 9.17) is 0 Å². The molecule has 37 heavy (non-hydrogen) atoms. The minimum absolute atomic E-state index is 0.0909. The predicted molar refractivity (Wildman–Crippen MR) is 147 cm³/mol. The molecule has 0 spiro atoms. The van der Waals surface area contributed by atoms with Crippen molar-refractivity contribution in [1.82, 2.24) is 10.2 Å². The van der Waals surface area contributed by atoms with Gasteiger partial charge in [-0.15, -0.1) is 0 Å². The van der Waals surface area contributed by atoms with Crippen molar-refractivity contribution >= 4 is 27.5 Å². The van der Waals surface area contributed by atoms with Crippen LogP contribution in [0.5, 0.6) is 0 Å². The van der Waals surface area contributed by atoms with E-state index in [1.165, 1.54) is 17.0 Å². The number of nitrogens with one attached hydrogen (secondary N) is 1. The molecule has 3 aromatic rings. The maximum atomic E-state index is 13.9. The van der Waals surface area contributed by atoms with Crippen molar-refractivity contribution in [1.29, 1.82) is 0 Å². The minimum Gasteiger partial charge on any atom is -0.355 e. The summed E-state index contributed by atoms with van der Waals surface area (Å²) in [7, 11) is -4.07. The van der Waals surface area contributed by atoms with Gasteiger partial charge in [-0.2, -0.15) is 0 Å². The van der Waals surface area contributed by atoms with E-state index < -0.39 is 28.5 Å². The van der Waals surface area contributed by atoms with Crippen molar-refractivity contribution in [2.24, 2.45) is 0 Å². The highest BCUT2D eigenvalue weighted by Crippen LogP contribution is 2.28. The third-order valence-corrected chi connectivity index (χ3v) is 7.94. The molecule has 0 unspecified atom stereocenters. The minimum atomic E-state index is -4.07. The van der Waals surface area contributed by atoms with Gasteiger partial charge < -0.3 is 10.2 Å². The average molecular weight is 522 g/mol. The third-order valence-electron chi connectivity index (χ3n) is 6.16. The molecule has 1 N–H and O–H groups in total. The monoisotopic (exact) mass is 521 g/mol. The van der Waals surface area contributed by atoms with Gasteiger partial charge in [0.25, 0.3) is 10.0 Å². The number of hydrogen-bond acceptors (Lipinski definition) is 4. The Balaban J connectivity index is 2.07. The SMILES string of the molecule is CCNC(=O)[C@H](CC)N(Cc1ccccc1)C(=O)CN(c1ccc(C)cc1C)S(=O)(=O)c1ccccc1. The zero-order chi connectivity index (χ0) is 27.0. The number of hydrogen-bond donors (Lipinski definition) is 1. The molecule has 7 nitrogen and oxygen atoms in total. The predicted octanol–water partition coefficient (Wildman–Crippen LogP) is 4.44. The molecule has 0 aliphatic rings. The highest BCUT2D eigenvalue weighted by atomic mass is 32.2. The Morgan fingerprint density at radius 3 is 2.08 bits per heavy atom. The number of benzene rings is 3. The van der Waals surface area contributed by atoms with Gasteiger partial charge in [-0.3, -0.25) is 13.9 Å². The van der Waals surface area contributed by atoms with Gasteiger partial charge in [-0.05, 0) is 56.5 Å². The number of anilines is 1. The highest BCUT2D eigenvalue weighted by molar-refractivity contribution is 7.92. The van der Waals surface area contributed by atoms with Gasteiger partial charge in [-0.1, -0.05) is 73.2 Å². The Hall–Kier alpha value is -3.65. The maximum absolute atomic E-state index is 13.9. The summed E-state index contributed by atoms with van der Waals surface area (Å²) in [4.78, 5) is 28.5. The van der Waals surface area contributed by atoms with Crippen molar-refractivity contribution < 1.29 is 18.0 Å². The van der Waals surface area contributed by atoms with Gasteiger partial charge in [0, 0.05) is 13.1 Å². The molecule has 3 aromatic carbocycles. The van der Waals surface area contributed by atoms with Crippen molar-refractivity contribution in [2.45, 2.75) is 51.6 Å². The van der Waals surface area contributed by atoms with Crippen LogP contribution in [0, 0.1) is 13.8 Å². The smallest absolute Gasteiger partial charge is 0.264 e. The van der Waals surface area contributed by atoms with Crippen molar-refractivity contribution in [3.63, 3.8) is 0 Å². The fourth-order valence-corrected chi connectivity index (χ4v) is 5.81. The van der Waals surface area contributed by atoms with E-state index in [2.05, 4.69) is 5.32 Å². The van der Waals surface area contributed by atoms with E-state index in [-0.39, 0.29) is 17.3 Å². The molecular formula is C29H35N3O4S. The lowest BCUT2D eigenvalue weighted by atomic mass is 10.1. The van der Waals surface area contributed by atoms with Crippen molar-refractivity contribution in [2.75, 3.05) is 17.4 Å². The lowest BCUT2D eigenvalue weighted by Gasteiger charge is -2.33. The Bertz CT molecular complexity index is 1310. The number of amides is 2. The van der Waals surface area contributed by atoms with E-state index in [1.807, 2.05) is 70.2 Å². The molecule has 0 saturated heterocycles. The zero-order valence-corrected chi connectivity index (χ0v) is 22.7. The summed E-state index contributed by atoms with van der Waals surface area (Å²) in [5, 5.41) is 2.81. The number of carbonyl (C=O) groups excluding carboxylic acids is 2. The van der Waals surface area contributed by atoms with Crippen LogP contribution in [0.3, 0.4) is 0 Å². The summed E-state index contributed by atoms with van der Waals surface area (Å²) >= 11 is 0. The summed E-state index contributed by atoms with van der Waals surface area (Å²) in [5.41, 5.74) is 2.99. The maximum Gasteiger partial charge on any atom is 0.264 e. The molecule has 0 radical (unpaired) electrons. The molecule has 2 amide bonds. The largest absolute Gasteiger partial charge is 0.355 e. The molecule has 0 saturated carbocycles. The van der Waals surface area contributed by atoms with E-state index >= 15 is 0 Å². The second kappa shape index (κ2) is 12.5. The van der Waals surface area contributed by atoms with E-state index in [9.17, 15) is 18.0 Å². The fourth-order valence-electron chi connectivity index (χ4n) is 4.31.